The maximum Gasteiger partial charge on any atom is 0.132 e. The van der Waals surface area contributed by atoms with E-state index in [-0.39, 0.29) is 0 Å². The van der Waals surface area contributed by atoms with Gasteiger partial charge in [-0.25, -0.2) is 4.98 Å². The van der Waals surface area contributed by atoms with Gasteiger partial charge in [-0.15, -0.1) is 0 Å². The summed E-state index contributed by atoms with van der Waals surface area (Å²) in [6, 6.07) is 2.62. The number of nitrogens with one attached hydrogen (secondary N) is 1. The van der Waals surface area contributed by atoms with Crippen LogP contribution in [0.3, 0.4) is 0 Å². The second-order valence-electron chi connectivity index (χ2n) is 5.76. The van der Waals surface area contributed by atoms with Gasteiger partial charge in [0.1, 0.15) is 5.15 Å². The third kappa shape index (κ3) is 2.92. The molecule has 1 saturated carbocycles. The van der Waals surface area contributed by atoms with Crippen LogP contribution in [0.15, 0.2) is 12.3 Å². The van der Waals surface area contributed by atoms with Crippen LogP contribution in [0.25, 0.3) is 0 Å². The van der Waals surface area contributed by atoms with E-state index in [9.17, 15) is 0 Å². The predicted octanol–water partition coefficient (Wildman–Crippen LogP) is 4.42. The third-order valence-electron chi connectivity index (χ3n) is 3.86. The molecule has 0 amide bonds. The summed E-state index contributed by atoms with van der Waals surface area (Å²) < 4.78 is 0. The fourth-order valence-electron chi connectivity index (χ4n) is 2.60. The molecule has 1 heterocycles. The van der Waals surface area contributed by atoms with Crippen molar-refractivity contribution in [1.82, 2.24) is 4.98 Å². The molecule has 2 rings (SSSR count). The van der Waals surface area contributed by atoms with Gasteiger partial charge in [0.15, 0.2) is 0 Å². The van der Waals surface area contributed by atoms with E-state index in [2.05, 4.69) is 30.2 Å². The van der Waals surface area contributed by atoms with Crippen LogP contribution in [-0.2, 0) is 0 Å². The number of rotatable bonds is 2. The zero-order valence-electron chi connectivity index (χ0n) is 10.9. The van der Waals surface area contributed by atoms with Gasteiger partial charge in [-0.1, -0.05) is 38.3 Å². The van der Waals surface area contributed by atoms with Crippen molar-refractivity contribution in [3.63, 3.8) is 0 Å². The first kappa shape index (κ1) is 12.7. The van der Waals surface area contributed by atoms with Crippen molar-refractivity contribution >= 4 is 17.3 Å². The molecule has 0 radical (unpaired) electrons. The van der Waals surface area contributed by atoms with Crippen molar-refractivity contribution in [3.8, 4) is 0 Å². The van der Waals surface area contributed by atoms with Gasteiger partial charge in [0.05, 0.1) is 11.9 Å². The molecular weight excluding hydrogens is 232 g/mol. The molecule has 1 aromatic heterocycles. The molecule has 94 valence electrons. The highest BCUT2D eigenvalue weighted by molar-refractivity contribution is 6.30. The summed E-state index contributed by atoms with van der Waals surface area (Å²) in [5.41, 5.74) is 2.49. The molecule has 1 fully saturated rings. The predicted molar refractivity (Wildman–Crippen MR) is 73.6 cm³/mol. The topological polar surface area (TPSA) is 24.9 Å². The zero-order valence-corrected chi connectivity index (χ0v) is 11.6. The Morgan fingerprint density at radius 2 is 2.18 bits per heavy atom. The smallest absolute Gasteiger partial charge is 0.132 e. The first-order chi connectivity index (χ1) is 7.99. The monoisotopic (exact) mass is 252 g/mol. The number of aryl methyl sites for hydroxylation is 1. The number of pyridine rings is 1. The lowest BCUT2D eigenvalue weighted by Crippen LogP contribution is -2.38. The van der Waals surface area contributed by atoms with E-state index in [1.807, 2.05) is 13.1 Å². The van der Waals surface area contributed by atoms with Crippen molar-refractivity contribution < 1.29 is 0 Å². The van der Waals surface area contributed by atoms with Gasteiger partial charge in [-0.2, -0.15) is 0 Å². The van der Waals surface area contributed by atoms with E-state index in [0.717, 1.165) is 11.3 Å². The van der Waals surface area contributed by atoms with Gasteiger partial charge in [0.25, 0.3) is 0 Å². The average Bonchev–Trinajstić information content (AvgIpc) is 2.26. The van der Waals surface area contributed by atoms with Crippen molar-refractivity contribution in [3.05, 3.63) is 23.0 Å². The van der Waals surface area contributed by atoms with Crippen LogP contribution >= 0.6 is 11.6 Å². The molecule has 1 atom stereocenters. The van der Waals surface area contributed by atoms with Gasteiger partial charge in [0.2, 0.25) is 0 Å². The summed E-state index contributed by atoms with van der Waals surface area (Å²) in [6.07, 6.45) is 7.05. The van der Waals surface area contributed by atoms with Crippen molar-refractivity contribution in [1.29, 1.82) is 0 Å². The van der Waals surface area contributed by atoms with Gasteiger partial charge < -0.3 is 5.32 Å². The molecule has 0 aliphatic heterocycles. The zero-order chi connectivity index (χ0) is 12.5. The van der Waals surface area contributed by atoms with Gasteiger partial charge in [0, 0.05) is 6.04 Å². The van der Waals surface area contributed by atoms with Crippen LogP contribution in [0.2, 0.25) is 5.15 Å². The van der Waals surface area contributed by atoms with Gasteiger partial charge in [-0.05, 0) is 36.8 Å². The maximum absolute atomic E-state index is 5.94. The highest BCUT2D eigenvalue weighted by Gasteiger charge is 2.31. The minimum absolute atomic E-state index is 0.367. The highest BCUT2D eigenvalue weighted by atomic mass is 35.5. The molecule has 17 heavy (non-hydrogen) atoms. The summed E-state index contributed by atoms with van der Waals surface area (Å²) in [4.78, 5) is 4.19. The second-order valence-corrected chi connectivity index (χ2v) is 6.12. The Labute approximate surface area is 109 Å². The standard InChI is InChI=1S/C14H21ClN2/c1-10-8-11(9-16-13(10)15)17-12-6-4-5-7-14(12,2)3/h8-9,12,17H,4-7H2,1-3H3. The molecule has 1 N–H and O–H groups in total. The minimum Gasteiger partial charge on any atom is -0.381 e. The maximum atomic E-state index is 5.94. The van der Waals surface area contributed by atoms with E-state index in [1.54, 1.807) is 0 Å². The Hall–Kier alpha value is -0.760. The van der Waals surface area contributed by atoms with E-state index >= 15 is 0 Å². The fourth-order valence-corrected chi connectivity index (χ4v) is 2.70. The molecule has 0 spiro atoms. The van der Waals surface area contributed by atoms with Crippen molar-refractivity contribution in [2.45, 2.75) is 52.5 Å². The Balaban J connectivity index is 2.11. The minimum atomic E-state index is 0.367. The van der Waals surface area contributed by atoms with Crippen LogP contribution < -0.4 is 5.32 Å². The molecule has 1 aromatic rings. The molecule has 1 unspecified atom stereocenters. The summed E-state index contributed by atoms with van der Waals surface area (Å²) >= 11 is 5.94. The molecule has 0 saturated heterocycles. The Kier molecular flexibility index (Phi) is 3.62. The Bertz CT molecular complexity index is 401. The lowest BCUT2D eigenvalue weighted by Gasteiger charge is -2.39. The highest BCUT2D eigenvalue weighted by Crippen LogP contribution is 2.37. The number of halogens is 1. The molecule has 2 nitrogen and oxygen atoms in total. The molecule has 0 bridgehead atoms. The van der Waals surface area contributed by atoms with E-state index < -0.39 is 0 Å². The third-order valence-corrected chi connectivity index (χ3v) is 4.26. The molecule has 3 heteroatoms. The van der Waals surface area contributed by atoms with Crippen LogP contribution in [0, 0.1) is 12.3 Å². The van der Waals surface area contributed by atoms with E-state index in [4.69, 9.17) is 11.6 Å². The molecule has 1 aliphatic carbocycles. The number of anilines is 1. The number of aromatic nitrogens is 1. The quantitative estimate of drug-likeness (QED) is 0.788. The van der Waals surface area contributed by atoms with Crippen molar-refractivity contribution in [2.24, 2.45) is 5.41 Å². The normalized spacial score (nSPS) is 23.4. The largest absolute Gasteiger partial charge is 0.381 e. The fraction of sp³-hybridized carbons (Fsp3) is 0.643. The summed E-state index contributed by atoms with van der Waals surface area (Å²) in [5, 5.41) is 4.21. The summed E-state index contributed by atoms with van der Waals surface area (Å²) in [5.74, 6) is 0. The van der Waals surface area contributed by atoms with Crippen LogP contribution in [0.4, 0.5) is 5.69 Å². The lowest BCUT2D eigenvalue weighted by molar-refractivity contribution is 0.217. The Morgan fingerprint density at radius 1 is 1.41 bits per heavy atom. The first-order valence-corrected chi connectivity index (χ1v) is 6.75. The number of hydrogen-bond acceptors (Lipinski definition) is 2. The van der Waals surface area contributed by atoms with Crippen LogP contribution in [0.1, 0.15) is 45.1 Å². The number of hydrogen-bond donors (Lipinski definition) is 1. The van der Waals surface area contributed by atoms with Crippen LogP contribution in [0.5, 0.6) is 0 Å². The van der Waals surface area contributed by atoms with Gasteiger partial charge >= 0.3 is 0 Å². The molecule has 0 aromatic carbocycles. The number of nitrogens with zero attached hydrogens (tertiary/aromatic N) is 1. The Morgan fingerprint density at radius 3 is 2.82 bits per heavy atom. The lowest BCUT2D eigenvalue weighted by atomic mass is 9.73. The second kappa shape index (κ2) is 4.85. The van der Waals surface area contributed by atoms with E-state index in [0.29, 0.717) is 16.6 Å². The molecular formula is C14H21ClN2. The summed E-state index contributed by atoms with van der Waals surface area (Å²) in [6.45, 7) is 6.69. The average molecular weight is 253 g/mol. The SMILES string of the molecule is Cc1cc(NC2CCCCC2(C)C)cnc1Cl. The summed E-state index contributed by atoms with van der Waals surface area (Å²) in [7, 11) is 0. The van der Waals surface area contributed by atoms with Crippen LogP contribution in [-0.4, -0.2) is 11.0 Å². The first-order valence-electron chi connectivity index (χ1n) is 6.38. The van der Waals surface area contributed by atoms with Gasteiger partial charge in [-0.3, -0.25) is 0 Å². The molecule has 1 aliphatic rings. The van der Waals surface area contributed by atoms with E-state index in [1.165, 1.54) is 25.7 Å². The van der Waals surface area contributed by atoms with Crippen molar-refractivity contribution in [2.75, 3.05) is 5.32 Å².